The van der Waals surface area contributed by atoms with E-state index in [0.29, 0.717) is 11.4 Å². The predicted octanol–water partition coefficient (Wildman–Crippen LogP) is 3.13. The molecule has 1 aliphatic rings. The molecule has 2 aromatic carbocycles. The van der Waals surface area contributed by atoms with Crippen LogP contribution in [-0.4, -0.2) is 27.2 Å². The average Bonchev–Trinajstić information content (AvgIpc) is 2.61. The molecule has 0 amide bonds. The maximum atomic E-state index is 9.49. The first-order chi connectivity index (χ1) is 11.6. The van der Waals surface area contributed by atoms with Gasteiger partial charge in [0.25, 0.3) is 0 Å². The summed E-state index contributed by atoms with van der Waals surface area (Å²) in [5.41, 5.74) is 11.9. The van der Waals surface area contributed by atoms with E-state index in [1.165, 1.54) is 11.1 Å². The fourth-order valence-corrected chi connectivity index (χ4v) is 3.66. The van der Waals surface area contributed by atoms with Gasteiger partial charge in [0.2, 0.25) is 0 Å². The molecule has 1 aromatic heterocycles. The van der Waals surface area contributed by atoms with Gasteiger partial charge in [-0.1, -0.05) is 29.8 Å². The van der Waals surface area contributed by atoms with E-state index in [-0.39, 0.29) is 6.61 Å². The molecule has 122 valence electrons. The Hall–Kier alpha value is -2.01. The Kier molecular flexibility index (Phi) is 3.76. The van der Waals surface area contributed by atoms with E-state index in [9.17, 15) is 5.11 Å². The second-order valence-electron chi connectivity index (χ2n) is 6.56. The number of halogens is 1. The summed E-state index contributed by atoms with van der Waals surface area (Å²) in [4.78, 5) is 8.65. The number of aryl methyl sites for hydroxylation is 1. The van der Waals surface area contributed by atoms with Crippen molar-refractivity contribution in [1.29, 1.82) is 0 Å². The van der Waals surface area contributed by atoms with Crippen LogP contribution in [0, 0.1) is 0 Å². The van der Waals surface area contributed by atoms with Gasteiger partial charge < -0.3 is 10.8 Å². The molecular weight excluding hydrogens is 322 g/mol. The Morgan fingerprint density at radius 2 is 1.83 bits per heavy atom. The molecule has 0 spiro atoms. The number of aromatic nitrogens is 2. The third-order valence-electron chi connectivity index (χ3n) is 4.83. The quantitative estimate of drug-likeness (QED) is 0.752. The number of benzene rings is 2. The lowest BCUT2D eigenvalue weighted by atomic mass is 9.78. The molecule has 0 radical (unpaired) electrons. The summed E-state index contributed by atoms with van der Waals surface area (Å²) < 4.78 is 0. The molecule has 4 rings (SSSR count). The first-order valence-electron chi connectivity index (χ1n) is 8.00. The fraction of sp³-hybridized carbons (Fsp3) is 0.263. The molecule has 4 nitrogen and oxygen atoms in total. The van der Waals surface area contributed by atoms with Crippen molar-refractivity contribution in [3.05, 3.63) is 58.9 Å². The molecule has 3 N–H and O–H groups in total. The van der Waals surface area contributed by atoms with Crippen molar-refractivity contribution in [2.24, 2.45) is 5.73 Å². The van der Waals surface area contributed by atoms with Crippen LogP contribution in [-0.2, 0) is 12.8 Å². The van der Waals surface area contributed by atoms with E-state index >= 15 is 0 Å². The van der Waals surface area contributed by atoms with Gasteiger partial charge in [-0.15, -0.1) is 0 Å². The van der Waals surface area contributed by atoms with Gasteiger partial charge in [0.15, 0.2) is 0 Å². The van der Waals surface area contributed by atoms with E-state index in [0.717, 1.165) is 35.0 Å². The minimum atomic E-state index is -0.495. The van der Waals surface area contributed by atoms with E-state index < -0.39 is 5.54 Å². The van der Waals surface area contributed by atoms with Gasteiger partial charge >= 0.3 is 0 Å². The number of rotatable bonds is 2. The maximum absolute atomic E-state index is 9.49. The Balaban J connectivity index is 1.77. The van der Waals surface area contributed by atoms with E-state index in [4.69, 9.17) is 17.3 Å². The third-order valence-corrected chi connectivity index (χ3v) is 5.14. The Labute approximate surface area is 145 Å². The van der Waals surface area contributed by atoms with Crippen molar-refractivity contribution >= 4 is 22.6 Å². The number of aliphatic hydroxyl groups excluding tert-OH is 1. The van der Waals surface area contributed by atoms with Gasteiger partial charge in [0.05, 0.1) is 22.7 Å². The third kappa shape index (κ3) is 2.67. The number of fused-ring (bicyclic) bond motifs is 2. The van der Waals surface area contributed by atoms with Crippen molar-refractivity contribution in [2.75, 3.05) is 6.61 Å². The van der Waals surface area contributed by atoms with E-state index in [1.807, 2.05) is 12.1 Å². The lowest BCUT2D eigenvalue weighted by Crippen LogP contribution is -2.48. The lowest BCUT2D eigenvalue weighted by molar-refractivity contribution is 0.181. The minimum absolute atomic E-state index is 0.0172. The van der Waals surface area contributed by atoms with Gasteiger partial charge in [-0.25, -0.2) is 0 Å². The van der Waals surface area contributed by atoms with Crippen LogP contribution in [0.4, 0.5) is 0 Å². The topological polar surface area (TPSA) is 72.0 Å². The Morgan fingerprint density at radius 1 is 1.08 bits per heavy atom. The SMILES string of the molecule is NC1(CO)CCc2cc(-c3cc4nccnc4cc3Cl)ccc2C1. The van der Waals surface area contributed by atoms with Gasteiger partial charge in [-0.3, -0.25) is 9.97 Å². The van der Waals surface area contributed by atoms with E-state index in [2.05, 4.69) is 28.2 Å². The highest BCUT2D eigenvalue weighted by Gasteiger charge is 2.29. The summed E-state index contributed by atoms with van der Waals surface area (Å²) in [6.07, 6.45) is 5.71. The normalized spacial score (nSPS) is 20.1. The number of aliphatic hydroxyl groups is 1. The highest BCUT2D eigenvalue weighted by Crippen LogP contribution is 2.35. The summed E-state index contributed by atoms with van der Waals surface area (Å²) in [7, 11) is 0. The Bertz CT molecular complexity index is 928. The van der Waals surface area contributed by atoms with Crippen molar-refractivity contribution in [2.45, 2.75) is 24.8 Å². The zero-order valence-corrected chi connectivity index (χ0v) is 13.9. The number of nitrogens with two attached hydrogens (primary N) is 1. The number of hydrogen-bond donors (Lipinski definition) is 2. The van der Waals surface area contributed by atoms with Crippen molar-refractivity contribution in [1.82, 2.24) is 9.97 Å². The molecule has 0 fully saturated rings. The summed E-state index contributed by atoms with van der Waals surface area (Å²) >= 11 is 6.47. The molecule has 24 heavy (non-hydrogen) atoms. The summed E-state index contributed by atoms with van der Waals surface area (Å²) in [6, 6.07) is 10.2. The molecular formula is C19H18ClN3O. The van der Waals surface area contributed by atoms with Gasteiger partial charge in [-0.05, 0) is 48.1 Å². The molecule has 1 unspecified atom stereocenters. The zero-order chi connectivity index (χ0) is 16.7. The van der Waals surface area contributed by atoms with Crippen LogP contribution in [0.1, 0.15) is 17.5 Å². The van der Waals surface area contributed by atoms with Crippen LogP contribution < -0.4 is 5.73 Å². The molecule has 1 aliphatic carbocycles. The highest BCUT2D eigenvalue weighted by atomic mass is 35.5. The molecule has 0 saturated carbocycles. The molecule has 5 heteroatoms. The van der Waals surface area contributed by atoms with Gasteiger partial charge in [0, 0.05) is 23.5 Å². The largest absolute Gasteiger partial charge is 0.394 e. The van der Waals surface area contributed by atoms with Gasteiger partial charge in [-0.2, -0.15) is 0 Å². The van der Waals surface area contributed by atoms with Crippen LogP contribution >= 0.6 is 11.6 Å². The lowest BCUT2D eigenvalue weighted by Gasteiger charge is -2.33. The average molecular weight is 340 g/mol. The first kappa shape index (κ1) is 15.5. The van der Waals surface area contributed by atoms with Crippen LogP contribution in [0.3, 0.4) is 0 Å². The summed E-state index contributed by atoms with van der Waals surface area (Å²) in [6.45, 7) is 0.0172. The molecule has 0 saturated heterocycles. The van der Waals surface area contributed by atoms with Crippen molar-refractivity contribution in [3.63, 3.8) is 0 Å². The molecule has 1 heterocycles. The van der Waals surface area contributed by atoms with E-state index in [1.54, 1.807) is 12.4 Å². The smallest absolute Gasteiger partial charge is 0.0902 e. The second-order valence-corrected chi connectivity index (χ2v) is 6.97. The fourth-order valence-electron chi connectivity index (χ4n) is 3.39. The standard InChI is InChI=1S/C19H18ClN3O/c20-16-9-18-17(22-5-6-23-18)8-15(16)13-1-2-14-10-19(21,11-24)4-3-12(14)7-13/h1-2,5-9,24H,3-4,10-11,21H2. The first-order valence-corrected chi connectivity index (χ1v) is 8.38. The molecule has 0 bridgehead atoms. The van der Waals surface area contributed by atoms with Crippen LogP contribution in [0.2, 0.25) is 5.02 Å². The zero-order valence-electron chi connectivity index (χ0n) is 13.2. The van der Waals surface area contributed by atoms with Crippen LogP contribution in [0.15, 0.2) is 42.7 Å². The molecule has 0 aliphatic heterocycles. The second kappa shape index (κ2) is 5.81. The van der Waals surface area contributed by atoms with Crippen LogP contribution in [0.5, 0.6) is 0 Å². The van der Waals surface area contributed by atoms with Crippen molar-refractivity contribution < 1.29 is 5.11 Å². The summed E-state index contributed by atoms with van der Waals surface area (Å²) in [5, 5.41) is 10.2. The monoisotopic (exact) mass is 339 g/mol. The summed E-state index contributed by atoms with van der Waals surface area (Å²) in [5.74, 6) is 0. The number of nitrogens with zero attached hydrogens (tertiary/aromatic N) is 2. The van der Waals surface area contributed by atoms with Gasteiger partial charge in [0.1, 0.15) is 0 Å². The van der Waals surface area contributed by atoms with Crippen LogP contribution in [0.25, 0.3) is 22.2 Å². The number of hydrogen-bond acceptors (Lipinski definition) is 4. The maximum Gasteiger partial charge on any atom is 0.0902 e. The Morgan fingerprint density at radius 3 is 2.58 bits per heavy atom. The molecule has 3 aromatic rings. The molecule has 1 atom stereocenters. The minimum Gasteiger partial charge on any atom is -0.394 e. The highest BCUT2D eigenvalue weighted by molar-refractivity contribution is 6.34. The van der Waals surface area contributed by atoms with Crippen molar-refractivity contribution in [3.8, 4) is 11.1 Å². The predicted molar refractivity (Wildman–Crippen MR) is 96.0 cm³/mol.